The van der Waals surface area contributed by atoms with Gasteiger partial charge in [-0.2, -0.15) is 4.21 Å². The van der Waals surface area contributed by atoms with Gasteiger partial charge in [0.1, 0.15) is 0 Å². The molecular formula is C2H3IMg. The Morgan fingerprint density at radius 2 is 2.25 bits per heavy atom. The van der Waals surface area contributed by atoms with E-state index in [2.05, 4.69) is 25.4 Å². The predicted octanol–water partition coefficient (Wildman–Crippen LogP) is 1.18. The zero-order valence-corrected chi connectivity index (χ0v) is 5.94. The van der Waals surface area contributed by atoms with E-state index in [0.29, 0.717) is 0 Å². The molecule has 0 saturated carbocycles. The lowest BCUT2D eigenvalue weighted by Crippen LogP contribution is -1.52. The normalized spacial score (nSPS) is 4.25. The van der Waals surface area contributed by atoms with Gasteiger partial charge in [0.05, 0.1) is 0 Å². The van der Waals surface area contributed by atoms with Gasteiger partial charge >= 0.3 is 16.5 Å². The van der Waals surface area contributed by atoms with Crippen molar-refractivity contribution in [3.8, 4) is 0 Å². The Balaban J connectivity index is 2.30. The SMILES string of the molecule is C=[CH][Mg][I]. The second kappa shape index (κ2) is 4.24. The molecule has 0 aromatic carbocycles. The van der Waals surface area contributed by atoms with E-state index < -0.39 is 0 Å². The van der Waals surface area contributed by atoms with Crippen molar-refractivity contribution in [3.63, 3.8) is 0 Å². The van der Waals surface area contributed by atoms with Gasteiger partial charge in [-0.3, -0.25) is 18.9 Å². The van der Waals surface area contributed by atoms with Crippen molar-refractivity contribution >= 4 is 35.3 Å². The Kier molecular flexibility index (Phi) is 5.55. The third kappa shape index (κ3) is 3.24. The van der Waals surface area contributed by atoms with Crippen molar-refractivity contribution in [2.45, 2.75) is 0 Å². The molecule has 0 saturated heterocycles. The van der Waals surface area contributed by atoms with E-state index >= 15 is 0 Å². The molecule has 0 nitrogen and oxygen atoms in total. The quantitative estimate of drug-likeness (QED) is 0.418. The maximum absolute atomic E-state index is 3.53. The van der Waals surface area contributed by atoms with Gasteiger partial charge in [0.25, 0.3) is 0 Å². The lowest BCUT2D eigenvalue weighted by atomic mass is 11.3. The topological polar surface area (TPSA) is 0 Å². The van der Waals surface area contributed by atoms with Gasteiger partial charge in [-0.15, -0.1) is 6.58 Å². The van der Waals surface area contributed by atoms with Gasteiger partial charge in [0.15, 0.2) is 0 Å². The van der Waals surface area contributed by atoms with Crippen molar-refractivity contribution in [1.29, 1.82) is 0 Å². The van der Waals surface area contributed by atoms with Crippen LogP contribution in [-0.2, 0) is 0 Å². The van der Waals surface area contributed by atoms with Crippen LogP contribution < -0.4 is 0 Å². The fourth-order valence-electron chi connectivity index (χ4n) is 0. The van der Waals surface area contributed by atoms with Crippen molar-refractivity contribution in [3.05, 3.63) is 10.8 Å². The Labute approximate surface area is 45.8 Å². The lowest BCUT2D eigenvalue weighted by Gasteiger charge is -1.47. The minimum Gasteiger partial charge on any atom is -0.292 e. The van der Waals surface area contributed by atoms with Gasteiger partial charge in [0, 0.05) is 0 Å². The number of hydrogen-bond acceptors (Lipinski definition) is 0. The van der Waals surface area contributed by atoms with Crippen molar-refractivity contribution < 1.29 is 0 Å². The van der Waals surface area contributed by atoms with E-state index in [1.54, 1.807) is 0 Å². The minimum atomic E-state index is 0.158. The monoisotopic (exact) mass is 178 g/mol. The first-order valence-electron chi connectivity index (χ1n) is 1.08. The molecule has 0 aliphatic rings. The fraction of sp³-hybridized carbons (Fsp3) is 0. The molecule has 0 unspecified atom stereocenters. The summed E-state index contributed by atoms with van der Waals surface area (Å²) in [6.45, 7) is 3.53. The van der Waals surface area contributed by atoms with Crippen molar-refractivity contribution in [2.24, 2.45) is 0 Å². The molecule has 0 aromatic heterocycles. The molecule has 0 atom stereocenters. The van der Waals surface area contributed by atoms with Crippen molar-refractivity contribution in [1.82, 2.24) is 0 Å². The van der Waals surface area contributed by atoms with Gasteiger partial charge in [0.2, 0.25) is 0 Å². The molecule has 0 aliphatic heterocycles. The van der Waals surface area contributed by atoms with Crippen LogP contribution in [0.4, 0.5) is 0 Å². The molecule has 0 rings (SSSR count). The average molecular weight is 178 g/mol. The molecule has 4 heavy (non-hydrogen) atoms. The van der Waals surface area contributed by atoms with Gasteiger partial charge in [-0.1, -0.05) is 0 Å². The van der Waals surface area contributed by atoms with Gasteiger partial charge in [-0.25, -0.2) is 0 Å². The molecule has 0 radical (unpaired) electrons. The summed E-state index contributed by atoms with van der Waals surface area (Å²) in [6.07, 6.45) is 0. The Morgan fingerprint density at radius 3 is 2.25 bits per heavy atom. The third-order valence-corrected chi connectivity index (χ3v) is 2.20. The summed E-state index contributed by atoms with van der Waals surface area (Å²) in [4.78, 5) is 0. The van der Waals surface area contributed by atoms with Crippen LogP contribution in [0.2, 0.25) is 0 Å². The predicted molar refractivity (Wildman–Crippen MR) is 30.0 cm³/mol. The van der Waals surface area contributed by atoms with E-state index in [4.69, 9.17) is 0 Å². The summed E-state index contributed by atoms with van der Waals surface area (Å²) >= 11 is 2.53. The summed E-state index contributed by atoms with van der Waals surface area (Å²) in [5.41, 5.74) is 0. The summed E-state index contributed by atoms with van der Waals surface area (Å²) in [7, 11) is 0. The Hall–Kier alpha value is 1.24. The first-order valence-corrected chi connectivity index (χ1v) is 7.01. The van der Waals surface area contributed by atoms with Crippen LogP contribution in [0, 0.1) is 0 Å². The Bertz CT molecular complexity index is 20.0. The lowest BCUT2D eigenvalue weighted by molar-refractivity contribution is 2.62. The highest BCUT2D eigenvalue weighted by Crippen LogP contribution is 1.69. The Morgan fingerprint density at radius 1 is 2.00 bits per heavy atom. The first-order chi connectivity index (χ1) is 1.91. The van der Waals surface area contributed by atoms with Crippen LogP contribution in [0.25, 0.3) is 0 Å². The molecule has 0 amide bonds. The van der Waals surface area contributed by atoms with Crippen LogP contribution in [-0.4, -0.2) is 16.5 Å². The second-order valence-electron chi connectivity index (χ2n) is 0.443. The summed E-state index contributed by atoms with van der Waals surface area (Å²) in [5, 5.41) is 0. The van der Waals surface area contributed by atoms with Crippen LogP contribution in [0.1, 0.15) is 0 Å². The van der Waals surface area contributed by atoms with E-state index in [1.807, 2.05) is 4.21 Å². The second-order valence-corrected chi connectivity index (χ2v) is 3.97. The first kappa shape index (κ1) is 5.24. The minimum absolute atomic E-state index is 0.158. The van der Waals surface area contributed by atoms with Crippen LogP contribution in [0.5, 0.6) is 0 Å². The zero-order chi connectivity index (χ0) is 3.41. The summed E-state index contributed by atoms with van der Waals surface area (Å²) < 4.78 is 2.00. The summed E-state index contributed by atoms with van der Waals surface area (Å²) in [5.74, 6) is 0. The molecule has 0 N–H and O–H groups in total. The van der Waals surface area contributed by atoms with Gasteiger partial charge < -0.3 is 0 Å². The molecule has 0 aromatic rings. The molecular weight excluding hydrogens is 175 g/mol. The molecule has 20 valence electrons. The van der Waals surface area contributed by atoms with E-state index in [0.717, 1.165) is 0 Å². The average Bonchev–Trinajstić information content (AvgIpc) is 1.37. The zero-order valence-electron chi connectivity index (χ0n) is 2.37. The maximum Gasteiger partial charge on any atom is 0.493 e. The van der Waals surface area contributed by atoms with Gasteiger partial charge in [-0.05, 0) is 0 Å². The van der Waals surface area contributed by atoms with E-state index in [-0.39, 0.29) is 16.5 Å². The highest BCUT2D eigenvalue weighted by Gasteiger charge is 1.65. The fourth-order valence-corrected chi connectivity index (χ4v) is 0. The maximum atomic E-state index is 3.53. The van der Waals surface area contributed by atoms with Crippen LogP contribution in [0.3, 0.4) is 0 Å². The highest BCUT2D eigenvalue weighted by atomic mass is 127. The summed E-state index contributed by atoms with van der Waals surface area (Å²) in [6, 6.07) is 0. The number of hydrogen-bond donors (Lipinski definition) is 0. The van der Waals surface area contributed by atoms with E-state index in [9.17, 15) is 0 Å². The largest absolute Gasteiger partial charge is 0.493 e. The number of halogens is 1. The molecule has 0 aliphatic carbocycles. The van der Waals surface area contributed by atoms with Crippen LogP contribution >= 0.6 is 18.9 Å². The van der Waals surface area contributed by atoms with E-state index in [1.165, 1.54) is 0 Å². The molecule has 0 spiro atoms. The standard InChI is InChI=1S/C2H3.HI.Mg/c1-2;;/h1H,2H2;1H;/q;;+1/p-1. The molecule has 0 fully saturated rings. The molecule has 0 bridgehead atoms. The van der Waals surface area contributed by atoms with Crippen molar-refractivity contribution in [2.75, 3.05) is 0 Å². The third-order valence-electron chi connectivity index (χ3n) is 0.109. The highest BCUT2D eigenvalue weighted by molar-refractivity contribution is 14.1. The van der Waals surface area contributed by atoms with Crippen LogP contribution in [0.15, 0.2) is 10.8 Å². The molecule has 2 heteroatoms. The number of rotatable bonds is 1. The smallest absolute Gasteiger partial charge is 0.292 e. The molecule has 0 heterocycles.